The first-order valence-corrected chi connectivity index (χ1v) is 13.6. The maximum absolute atomic E-state index is 13.2. The number of ether oxygens (including phenoxy) is 1. The minimum Gasteiger partial charge on any atom is -0.462 e. The Morgan fingerprint density at radius 3 is 2.73 bits per heavy atom. The number of amides is 1. The summed E-state index contributed by atoms with van der Waals surface area (Å²) in [6, 6.07) is 0. The SMILES string of the molecule is CCOC(=O)c1c(NC(=O)C2CCCN(S(=O)(=O)c3cnn(C)c3C)C2)sc2c1CCCC2. The molecule has 180 valence electrons. The molecule has 1 fully saturated rings. The molecule has 0 saturated carbocycles. The summed E-state index contributed by atoms with van der Waals surface area (Å²) < 4.78 is 34.5. The number of nitrogens with zero attached hydrogens (tertiary/aromatic N) is 3. The van der Waals surface area contributed by atoms with Crippen LogP contribution in [0, 0.1) is 12.8 Å². The zero-order valence-corrected chi connectivity index (χ0v) is 20.9. The lowest BCUT2D eigenvalue weighted by Crippen LogP contribution is -2.43. The normalized spacial score (nSPS) is 19.2. The number of thiophene rings is 1. The van der Waals surface area contributed by atoms with Crippen LogP contribution in [-0.2, 0) is 39.4 Å². The number of carbonyl (C=O) groups excluding carboxylic acids is 2. The van der Waals surface area contributed by atoms with E-state index in [1.54, 1.807) is 20.9 Å². The maximum Gasteiger partial charge on any atom is 0.341 e. The minimum absolute atomic E-state index is 0.0995. The number of nitrogens with one attached hydrogen (secondary N) is 1. The summed E-state index contributed by atoms with van der Waals surface area (Å²) in [5.74, 6) is -1.17. The van der Waals surface area contributed by atoms with Gasteiger partial charge in [-0.25, -0.2) is 13.2 Å². The van der Waals surface area contributed by atoms with Crippen LogP contribution in [0.1, 0.15) is 59.1 Å². The quantitative estimate of drug-likeness (QED) is 0.618. The third-order valence-electron chi connectivity index (χ3n) is 6.45. The van der Waals surface area contributed by atoms with E-state index in [-0.39, 0.29) is 24.0 Å². The highest BCUT2D eigenvalue weighted by molar-refractivity contribution is 7.89. The van der Waals surface area contributed by atoms with E-state index in [0.717, 1.165) is 36.1 Å². The summed E-state index contributed by atoms with van der Waals surface area (Å²) >= 11 is 1.44. The van der Waals surface area contributed by atoms with Crippen LogP contribution in [0.4, 0.5) is 5.00 Å². The van der Waals surface area contributed by atoms with Crippen molar-refractivity contribution in [2.24, 2.45) is 13.0 Å². The van der Waals surface area contributed by atoms with Crippen molar-refractivity contribution in [2.75, 3.05) is 25.0 Å². The number of hydrogen-bond donors (Lipinski definition) is 1. The van der Waals surface area contributed by atoms with Crippen molar-refractivity contribution >= 4 is 38.2 Å². The van der Waals surface area contributed by atoms with Gasteiger partial charge in [-0.05, 0) is 57.9 Å². The Bertz CT molecular complexity index is 1170. The molecule has 0 aromatic carbocycles. The van der Waals surface area contributed by atoms with Crippen LogP contribution in [0.15, 0.2) is 11.1 Å². The van der Waals surface area contributed by atoms with Crippen molar-refractivity contribution in [1.82, 2.24) is 14.1 Å². The summed E-state index contributed by atoms with van der Waals surface area (Å²) in [5.41, 5.74) is 2.01. The van der Waals surface area contributed by atoms with Crippen LogP contribution in [0.5, 0.6) is 0 Å². The van der Waals surface area contributed by atoms with Gasteiger partial charge in [-0.1, -0.05) is 0 Å². The van der Waals surface area contributed by atoms with E-state index >= 15 is 0 Å². The molecule has 1 aliphatic heterocycles. The van der Waals surface area contributed by atoms with E-state index in [0.29, 0.717) is 35.6 Å². The molecule has 0 spiro atoms. The van der Waals surface area contributed by atoms with Crippen LogP contribution in [0.25, 0.3) is 0 Å². The first kappa shape index (κ1) is 23.9. The van der Waals surface area contributed by atoms with Gasteiger partial charge in [0.2, 0.25) is 15.9 Å². The van der Waals surface area contributed by atoms with Gasteiger partial charge in [0.15, 0.2) is 0 Å². The van der Waals surface area contributed by atoms with E-state index in [1.165, 1.54) is 26.5 Å². The molecular formula is C22H30N4O5S2. The molecule has 1 saturated heterocycles. The molecule has 11 heteroatoms. The number of hydrogen-bond acceptors (Lipinski definition) is 7. The van der Waals surface area contributed by atoms with Crippen molar-refractivity contribution in [2.45, 2.75) is 57.3 Å². The van der Waals surface area contributed by atoms with Gasteiger partial charge in [-0.15, -0.1) is 11.3 Å². The molecule has 1 N–H and O–H groups in total. The van der Waals surface area contributed by atoms with Crippen molar-refractivity contribution < 1.29 is 22.7 Å². The molecule has 33 heavy (non-hydrogen) atoms. The molecule has 1 unspecified atom stereocenters. The number of aryl methyl sites for hydroxylation is 2. The minimum atomic E-state index is -3.74. The first-order chi connectivity index (χ1) is 15.7. The number of sulfonamides is 1. The van der Waals surface area contributed by atoms with E-state index in [4.69, 9.17) is 4.74 Å². The summed E-state index contributed by atoms with van der Waals surface area (Å²) in [7, 11) is -2.05. The van der Waals surface area contributed by atoms with Gasteiger partial charge in [0, 0.05) is 25.0 Å². The number of piperidine rings is 1. The molecule has 1 amide bonds. The number of aromatic nitrogens is 2. The predicted molar refractivity (Wildman–Crippen MR) is 125 cm³/mol. The lowest BCUT2D eigenvalue weighted by atomic mass is 9.95. The van der Waals surface area contributed by atoms with Crippen LogP contribution >= 0.6 is 11.3 Å². The Morgan fingerprint density at radius 2 is 2.03 bits per heavy atom. The van der Waals surface area contributed by atoms with Crippen LogP contribution in [0.3, 0.4) is 0 Å². The largest absolute Gasteiger partial charge is 0.462 e. The lowest BCUT2D eigenvalue weighted by Gasteiger charge is -2.31. The molecule has 2 aromatic heterocycles. The van der Waals surface area contributed by atoms with Crippen molar-refractivity contribution in [3.05, 3.63) is 27.9 Å². The summed E-state index contributed by atoms with van der Waals surface area (Å²) in [6.07, 6.45) is 6.29. The standard InChI is InChI=1S/C22H30N4O5S2/c1-4-31-22(28)19-16-9-5-6-10-17(16)32-21(19)24-20(27)15-8-7-11-26(13-15)33(29,30)18-12-23-25(3)14(18)2/h12,15H,4-11,13H2,1-3H3,(H,24,27). The van der Waals surface area contributed by atoms with E-state index in [9.17, 15) is 18.0 Å². The van der Waals surface area contributed by atoms with Crippen molar-refractivity contribution in [3.8, 4) is 0 Å². The smallest absolute Gasteiger partial charge is 0.341 e. The van der Waals surface area contributed by atoms with Gasteiger partial charge in [-0.2, -0.15) is 9.40 Å². The molecule has 1 aliphatic carbocycles. The van der Waals surface area contributed by atoms with Gasteiger partial charge in [-0.3, -0.25) is 9.48 Å². The molecule has 2 aliphatic rings. The highest BCUT2D eigenvalue weighted by Crippen LogP contribution is 2.39. The zero-order chi connectivity index (χ0) is 23.8. The highest BCUT2D eigenvalue weighted by Gasteiger charge is 2.36. The second-order valence-corrected chi connectivity index (χ2v) is 11.6. The zero-order valence-electron chi connectivity index (χ0n) is 19.2. The Kier molecular flexibility index (Phi) is 6.92. The monoisotopic (exact) mass is 494 g/mol. The molecule has 3 heterocycles. The summed E-state index contributed by atoms with van der Waals surface area (Å²) in [5, 5.41) is 7.52. The number of rotatable bonds is 6. The Balaban J connectivity index is 1.54. The van der Waals surface area contributed by atoms with Crippen LogP contribution in [-0.4, -0.2) is 54.1 Å². The molecule has 0 bridgehead atoms. The second kappa shape index (κ2) is 9.55. The Labute approximate surface area is 198 Å². The average molecular weight is 495 g/mol. The van der Waals surface area contributed by atoms with Gasteiger partial charge >= 0.3 is 5.97 Å². The second-order valence-electron chi connectivity index (χ2n) is 8.54. The molecule has 4 rings (SSSR count). The van der Waals surface area contributed by atoms with Crippen molar-refractivity contribution in [1.29, 1.82) is 0 Å². The summed E-state index contributed by atoms with van der Waals surface area (Å²) in [4.78, 5) is 27.2. The Hall–Kier alpha value is -2.24. The molecule has 0 radical (unpaired) electrons. The van der Waals surface area contributed by atoms with Gasteiger partial charge in [0.05, 0.1) is 30.0 Å². The third kappa shape index (κ3) is 4.58. The molecule has 1 atom stereocenters. The van der Waals surface area contributed by atoms with Gasteiger partial charge < -0.3 is 10.1 Å². The van der Waals surface area contributed by atoms with E-state index in [2.05, 4.69) is 10.4 Å². The topological polar surface area (TPSA) is 111 Å². The number of esters is 1. The fourth-order valence-corrected chi connectivity index (χ4v) is 7.52. The Morgan fingerprint density at radius 1 is 1.27 bits per heavy atom. The van der Waals surface area contributed by atoms with Gasteiger partial charge in [0.25, 0.3) is 0 Å². The average Bonchev–Trinajstić information content (AvgIpc) is 3.33. The predicted octanol–water partition coefficient (Wildman–Crippen LogP) is 2.88. The van der Waals surface area contributed by atoms with Crippen LogP contribution < -0.4 is 5.32 Å². The first-order valence-electron chi connectivity index (χ1n) is 11.3. The fourth-order valence-electron chi connectivity index (χ4n) is 4.53. The highest BCUT2D eigenvalue weighted by atomic mass is 32.2. The lowest BCUT2D eigenvalue weighted by molar-refractivity contribution is -0.120. The van der Waals surface area contributed by atoms with Crippen molar-refractivity contribution in [3.63, 3.8) is 0 Å². The number of carbonyl (C=O) groups is 2. The number of fused-ring (bicyclic) bond motifs is 1. The van der Waals surface area contributed by atoms with Crippen LogP contribution in [0.2, 0.25) is 0 Å². The molecule has 2 aromatic rings. The summed E-state index contributed by atoms with van der Waals surface area (Å²) in [6.45, 7) is 4.20. The van der Waals surface area contributed by atoms with E-state index in [1.807, 2.05) is 0 Å². The van der Waals surface area contributed by atoms with Gasteiger partial charge in [0.1, 0.15) is 9.90 Å². The molecule has 9 nitrogen and oxygen atoms in total. The number of anilines is 1. The fraction of sp³-hybridized carbons (Fsp3) is 0.591. The third-order valence-corrected chi connectivity index (χ3v) is 9.63. The maximum atomic E-state index is 13.2. The van der Waals surface area contributed by atoms with E-state index < -0.39 is 21.9 Å². The molecular weight excluding hydrogens is 464 g/mol.